The van der Waals surface area contributed by atoms with Crippen LogP contribution < -0.4 is 15.0 Å². The summed E-state index contributed by atoms with van der Waals surface area (Å²) < 4.78 is 6.99. The molecule has 2 bridgehead atoms. The Morgan fingerprint density at radius 2 is 2.16 bits per heavy atom. The Balaban J connectivity index is 1.79. The third kappa shape index (κ3) is 2.53. The molecule has 0 radical (unpaired) electrons. The van der Waals surface area contributed by atoms with Crippen LogP contribution in [0.5, 0.6) is 5.75 Å². The van der Waals surface area contributed by atoms with Crippen LogP contribution >= 0.6 is 15.9 Å². The molecule has 0 aromatic heterocycles. The lowest BCUT2D eigenvalue weighted by Gasteiger charge is -2.50. The number of halogens is 1. The third-order valence-corrected chi connectivity index (χ3v) is 5.03. The van der Waals surface area contributed by atoms with Crippen LogP contribution in [0.15, 0.2) is 46.9 Å². The van der Waals surface area contributed by atoms with Gasteiger partial charge in [0, 0.05) is 28.6 Å². The normalized spacial score (nSPS) is 24.2. The van der Waals surface area contributed by atoms with E-state index in [1.807, 2.05) is 31.2 Å². The minimum atomic E-state index is -0.878. The van der Waals surface area contributed by atoms with Gasteiger partial charge < -0.3 is 10.1 Å². The van der Waals surface area contributed by atoms with Crippen molar-refractivity contribution in [3.63, 3.8) is 0 Å². The molecule has 2 aliphatic heterocycles. The third-order valence-electron chi connectivity index (χ3n) is 4.53. The van der Waals surface area contributed by atoms with Crippen molar-refractivity contribution in [3.8, 4) is 5.75 Å². The molecule has 1 fully saturated rings. The Hall–Kier alpha value is -2.61. The van der Waals surface area contributed by atoms with E-state index in [1.165, 1.54) is 12.1 Å². The molecule has 0 saturated carbocycles. The second kappa shape index (κ2) is 5.45. The highest BCUT2D eigenvalue weighted by Gasteiger charge is 2.50. The molecule has 7 nitrogen and oxygen atoms in total. The van der Waals surface area contributed by atoms with Gasteiger partial charge >= 0.3 is 6.03 Å². The standard InChI is InChI=1S/C17H14BrN3O4/c1-17-9-14(13-8-12(21(23)24)5-6-15(13)25-17)19-16(22)20(17)11-4-2-3-10(18)7-11/h2-8,14H,9H2,1H3,(H,19,22). The molecule has 2 unspecified atom stereocenters. The Labute approximate surface area is 151 Å². The minimum Gasteiger partial charge on any atom is -0.467 e. The minimum absolute atomic E-state index is 0.0189. The van der Waals surface area contributed by atoms with Crippen LogP contribution in [-0.2, 0) is 0 Å². The summed E-state index contributed by atoms with van der Waals surface area (Å²) in [6.07, 6.45) is 0.486. The van der Waals surface area contributed by atoms with Crippen molar-refractivity contribution in [1.82, 2.24) is 5.32 Å². The maximum Gasteiger partial charge on any atom is 0.325 e. The van der Waals surface area contributed by atoms with Gasteiger partial charge in [-0.3, -0.25) is 15.0 Å². The Morgan fingerprint density at radius 3 is 2.88 bits per heavy atom. The van der Waals surface area contributed by atoms with E-state index in [1.54, 1.807) is 11.0 Å². The first-order chi connectivity index (χ1) is 11.9. The Morgan fingerprint density at radius 1 is 1.36 bits per heavy atom. The second-order valence-electron chi connectivity index (χ2n) is 6.28. The summed E-state index contributed by atoms with van der Waals surface area (Å²) in [5.41, 5.74) is 0.443. The number of ether oxygens (including phenoxy) is 1. The van der Waals surface area contributed by atoms with Crippen molar-refractivity contribution in [2.24, 2.45) is 0 Å². The van der Waals surface area contributed by atoms with E-state index in [-0.39, 0.29) is 17.8 Å². The van der Waals surface area contributed by atoms with Gasteiger partial charge in [-0.1, -0.05) is 22.0 Å². The quantitative estimate of drug-likeness (QED) is 0.603. The number of benzene rings is 2. The average molecular weight is 404 g/mol. The maximum absolute atomic E-state index is 12.7. The summed E-state index contributed by atoms with van der Waals surface area (Å²) in [6.45, 7) is 1.85. The molecular weight excluding hydrogens is 390 g/mol. The van der Waals surface area contributed by atoms with Gasteiger partial charge in [-0.05, 0) is 31.2 Å². The van der Waals surface area contributed by atoms with Crippen LogP contribution in [0.2, 0.25) is 0 Å². The molecule has 2 aromatic rings. The molecule has 1 N–H and O–H groups in total. The van der Waals surface area contributed by atoms with Crippen LogP contribution in [0.1, 0.15) is 24.9 Å². The van der Waals surface area contributed by atoms with Gasteiger partial charge in [-0.15, -0.1) is 0 Å². The molecule has 0 aliphatic carbocycles. The van der Waals surface area contributed by atoms with Crippen molar-refractivity contribution >= 4 is 33.3 Å². The number of rotatable bonds is 2. The molecule has 1 saturated heterocycles. The first-order valence-electron chi connectivity index (χ1n) is 7.71. The summed E-state index contributed by atoms with van der Waals surface area (Å²) >= 11 is 3.42. The number of nitrogens with one attached hydrogen (secondary N) is 1. The van der Waals surface area contributed by atoms with Crippen LogP contribution in [0.4, 0.5) is 16.2 Å². The number of carbonyl (C=O) groups is 1. The van der Waals surface area contributed by atoms with E-state index >= 15 is 0 Å². The topological polar surface area (TPSA) is 84.7 Å². The lowest BCUT2D eigenvalue weighted by Crippen LogP contribution is -2.65. The summed E-state index contributed by atoms with van der Waals surface area (Å²) in [6, 6.07) is 11.3. The highest BCUT2D eigenvalue weighted by atomic mass is 79.9. The van der Waals surface area contributed by atoms with Gasteiger partial charge in [0.15, 0.2) is 5.72 Å². The Bertz CT molecular complexity index is 903. The maximum atomic E-state index is 12.7. The zero-order valence-electron chi connectivity index (χ0n) is 13.2. The summed E-state index contributed by atoms with van der Waals surface area (Å²) in [5, 5.41) is 14.0. The SMILES string of the molecule is CC12CC(NC(=O)N1c1cccc(Br)c1)c1cc([N+](=O)[O-])ccc1O2. The van der Waals surface area contributed by atoms with Gasteiger partial charge in [-0.25, -0.2) is 4.79 Å². The molecule has 2 heterocycles. The lowest BCUT2D eigenvalue weighted by atomic mass is 9.90. The largest absolute Gasteiger partial charge is 0.467 e. The van der Waals surface area contributed by atoms with Gasteiger partial charge in [0.05, 0.1) is 16.7 Å². The summed E-state index contributed by atoms with van der Waals surface area (Å²) in [7, 11) is 0. The zero-order valence-corrected chi connectivity index (χ0v) is 14.8. The first-order valence-corrected chi connectivity index (χ1v) is 8.50. The summed E-state index contributed by atoms with van der Waals surface area (Å²) in [5.74, 6) is 0.546. The molecule has 128 valence electrons. The molecule has 4 rings (SSSR count). The molecule has 2 atom stereocenters. The van der Waals surface area contributed by atoms with Crippen LogP contribution in [0.3, 0.4) is 0 Å². The van der Waals surface area contributed by atoms with Crippen molar-refractivity contribution in [3.05, 3.63) is 62.6 Å². The predicted octanol–water partition coefficient (Wildman–Crippen LogP) is 4.13. The van der Waals surface area contributed by atoms with Crippen molar-refractivity contribution in [2.75, 3.05) is 4.90 Å². The number of nitro benzene ring substituents is 1. The van der Waals surface area contributed by atoms with Crippen LogP contribution in [-0.4, -0.2) is 16.7 Å². The van der Waals surface area contributed by atoms with Gasteiger partial charge in [-0.2, -0.15) is 0 Å². The lowest BCUT2D eigenvalue weighted by molar-refractivity contribution is -0.385. The number of nitrogens with zero attached hydrogens (tertiary/aromatic N) is 2. The number of carbonyl (C=O) groups excluding carboxylic acids is 1. The Kier molecular flexibility index (Phi) is 3.47. The van der Waals surface area contributed by atoms with Crippen LogP contribution in [0.25, 0.3) is 0 Å². The van der Waals surface area contributed by atoms with E-state index < -0.39 is 10.6 Å². The molecule has 25 heavy (non-hydrogen) atoms. The fraction of sp³-hybridized carbons (Fsp3) is 0.235. The highest BCUT2D eigenvalue weighted by Crippen LogP contribution is 2.46. The highest BCUT2D eigenvalue weighted by molar-refractivity contribution is 9.10. The second-order valence-corrected chi connectivity index (χ2v) is 7.19. The number of amides is 2. The van der Waals surface area contributed by atoms with Crippen molar-refractivity contribution in [1.29, 1.82) is 0 Å². The molecular formula is C17H14BrN3O4. The van der Waals surface area contributed by atoms with Crippen molar-refractivity contribution in [2.45, 2.75) is 25.1 Å². The number of anilines is 1. The fourth-order valence-corrected chi connectivity index (χ4v) is 3.87. The van der Waals surface area contributed by atoms with E-state index in [0.29, 0.717) is 23.4 Å². The van der Waals surface area contributed by atoms with E-state index in [0.717, 1.165) is 4.47 Å². The number of urea groups is 1. The molecule has 0 spiro atoms. The van der Waals surface area contributed by atoms with Crippen LogP contribution in [0, 0.1) is 10.1 Å². The number of hydrogen-bond acceptors (Lipinski definition) is 4. The smallest absolute Gasteiger partial charge is 0.325 e. The molecule has 2 aliphatic rings. The summed E-state index contributed by atoms with van der Waals surface area (Å²) in [4.78, 5) is 24.9. The van der Waals surface area contributed by atoms with Gasteiger partial charge in [0.25, 0.3) is 5.69 Å². The number of non-ortho nitro benzene ring substituents is 1. The monoisotopic (exact) mass is 403 g/mol. The zero-order chi connectivity index (χ0) is 17.8. The number of fused-ring (bicyclic) bond motifs is 4. The average Bonchev–Trinajstić information content (AvgIpc) is 2.53. The molecule has 8 heteroatoms. The van der Waals surface area contributed by atoms with Crippen molar-refractivity contribution < 1.29 is 14.5 Å². The molecule has 2 amide bonds. The fourth-order valence-electron chi connectivity index (χ4n) is 3.48. The van der Waals surface area contributed by atoms with E-state index in [4.69, 9.17) is 4.74 Å². The number of nitro groups is 1. The van der Waals surface area contributed by atoms with Gasteiger partial charge in [0.1, 0.15) is 5.75 Å². The van der Waals surface area contributed by atoms with Gasteiger partial charge in [0.2, 0.25) is 0 Å². The number of hydrogen-bond donors (Lipinski definition) is 1. The predicted molar refractivity (Wildman–Crippen MR) is 94.6 cm³/mol. The molecule has 2 aromatic carbocycles. The van der Waals surface area contributed by atoms with E-state index in [9.17, 15) is 14.9 Å². The first kappa shape index (κ1) is 15.9. The van der Waals surface area contributed by atoms with E-state index in [2.05, 4.69) is 21.2 Å².